The van der Waals surface area contributed by atoms with Crippen molar-refractivity contribution >= 4 is 43.4 Å². The number of fused-ring (bicyclic) bond motifs is 5. The van der Waals surface area contributed by atoms with Crippen LogP contribution < -0.4 is 0 Å². The minimum atomic E-state index is -1.82. The number of aromatic amines is 1. The summed E-state index contributed by atoms with van der Waals surface area (Å²) in [5.74, 6) is -38.9. The average Bonchev–Trinajstić information content (AvgIpc) is 3.66. The summed E-state index contributed by atoms with van der Waals surface area (Å²) in [5, 5.41) is 256. The highest BCUT2D eigenvalue weighted by Gasteiger charge is 2.40. The molecule has 0 atom stereocenters. The summed E-state index contributed by atoms with van der Waals surface area (Å²) in [6, 6.07) is 0. The molecular weight excluding hydrogens is 854 g/mol. The highest BCUT2D eigenvalue weighted by molar-refractivity contribution is 6.34. The molecule has 25 heteroatoms. The van der Waals surface area contributed by atoms with Crippen LogP contribution in [0.15, 0.2) is 0 Å². The predicted molar refractivity (Wildman–Crippen MR) is 207 cm³/mol. The van der Waals surface area contributed by atoms with E-state index in [1.807, 2.05) is 0 Å². The Morgan fingerprint density at radius 1 is 0.143 bits per heavy atom. The first-order valence-electron chi connectivity index (χ1n) is 16.9. The van der Waals surface area contributed by atoms with E-state index in [1.165, 1.54) is 0 Å². The van der Waals surface area contributed by atoms with Crippen molar-refractivity contribution in [2.75, 3.05) is 0 Å². The summed E-state index contributed by atoms with van der Waals surface area (Å²) in [4.78, 5) is 2.28. The molecule has 0 aliphatic rings. The molecule has 1 heterocycles. The Labute approximate surface area is 342 Å². The van der Waals surface area contributed by atoms with E-state index in [-0.39, 0.29) is 0 Å². The van der Waals surface area contributed by atoms with E-state index in [9.17, 15) is 123 Å². The van der Waals surface area contributed by atoms with E-state index in [0.717, 1.165) is 0 Å². The van der Waals surface area contributed by atoms with Crippen molar-refractivity contribution in [3.8, 4) is 171 Å². The van der Waals surface area contributed by atoms with Gasteiger partial charge in [-0.25, -0.2) is 0 Å². The lowest BCUT2D eigenvalue weighted by molar-refractivity contribution is 0.329. The normalized spacial score (nSPS) is 11.7. The minimum absolute atomic E-state index is 0.807. The van der Waals surface area contributed by atoms with E-state index >= 15 is 0 Å². The average molecular weight is 880 g/mol. The van der Waals surface area contributed by atoms with Crippen LogP contribution in [0.1, 0.15) is 0 Å². The lowest BCUT2D eigenvalue weighted by Gasteiger charge is -2.25. The maximum absolute atomic E-state index is 11.6. The van der Waals surface area contributed by atoms with Crippen LogP contribution >= 0.6 is 0 Å². The van der Waals surface area contributed by atoms with Crippen LogP contribution in [0, 0.1) is 0 Å². The molecule has 0 unspecified atom stereocenters. The molecule has 0 saturated carbocycles. The standard InChI is InChI=1S/C38H25NO24/c40-15-4(3-9-14(39-13(3)27(52)29(15)54)28(53)37(62)34(59)20(9)45)1-5-7(18(43)32(57)30(55)16(5)41)2(8-6(1)17(42)31(56)33(58)19(8)44)10-21(46)23(48)11(24(49)22(10)47)12-25(50)35(60)38(63)36(61)26(12)51/h39-63H. The third-order valence-electron chi connectivity index (χ3n) is 10.6. The SMILES string of the molecule is Oc1c(O)c(O)c(-c2c(O)c(O)c(-c3c4c(O)c(O)c(O)c(O)c4c(-c4c(O)c(O)c(O)c5[nH]c6c(O)c(O)c(O)c(O)c6c45)c4c(O)c(O)c(O)c(O)c34)c(O)c2O)c(O)c1O. The molecule has 0 radical (unpaired) electrons. The molecule has 8 aromatic rings. The van der Waals surface area contributed by atoms with Gasteiger partial charge in [0.05, 0.1) is 33.1 Å². The third kappa shape index (κ3) is 4.51. The molecule has 0 bridgehead atoms. The van der Waals surface area contributed by atoms with E-state index in [0.29, 0.717) is 0 Å². The van der Waals surface area contributed by atoms with Crippen molar-refractivity contribution in [2.24, 2.45) is 0 Å². The molecule has 7 aromatic carbocycles. The van der Waals surface area contributed by atoms with Crippen LogP contribution in [0.25, 0.3) is 76.7 Å². The van der Waals surface area contributed by atoms with Gasteiger partial charge in [-0.2, -0.15) is 0 Å². The largest absolute Gasteiger partial charge is 0.504 e. The first kappa shape index (κ1) is 39.9. The highest BCUT2D eigenvalue weighted by Crippen LogP contribution is 2.69. The first-order chi connectivity index (χ1) is 29.3. The lowest BCUT2D eigenvalue weighted by Crippen LogP contribution is -1.97. The van der Waals surface area contributed by atoms with Crippen molar-refractivity contribution in [2.45, 2.75) is 0 Å². The van der Waals surface area contributed by atoms with Gasteiger partial charge >= 0.3 is 0 Å². The Hall–Kier alpha value is -9.94. The number of benzene rings is 7. The fraction of sp³-hybridized carbons (Fsp3) is 0. The topological polar surface area (TPSA) is 501 Å². The van der Waals surface area contributed by atoms with Gasteiger partial charge in [0.2, 0.25) is 57.5 Å². The molecule has 0 aliphatic carbocycles. The summed E-state index contributed by atoms with van der Waals surface area (Å²) >= 11 is 0. The van der Waals surface area contributed by atoms with Crippen molar-refractivity contribution in [1.29, 1.82) is 0 Å². The van der Waals surface area contributed by atoms with Crippen LogP contribution in [0.3, 0.4) is 0 Å². The van der Waals surface area contributed by atoms with Crippen LogP contribution in [0.5, 0.6) is 138 Å². The fourth-order valence-corrected chi connectivity index (χ4v) is 7.73. The second-order valence-electron chi connectivity index (χ2n) is 13.7. The Morgan fingerprint density at radius 3 is 0.683 bits per heavy atom. The smallest absolute Gasteiger partial charge is 0.208 e. The third-order valence-corrected chi connectivity index (χ3v) is 10.6. The number of phenols is 24. The van der Waals surface area contributed by atoms with Gasteiger partial charge in [-0.05, 0) is 0 Å². The van der Waals surface area contributed by atoms with Crippen molar-refractivity contribution in [1.82, 2.24) is 4.98 Å². The van der Waals surface area contributed by atoms with E-state index < -0.39 is 215 Å². The van der Waals surface area contributed by atoms with Gasteiger partial charge in [0, 0.05) is 43.6 Å². The van der Waals surface area contributed by atoms with E-state index in [4.69, 9.17) is 0 Å². The Morgan fingerprint density at radius 2 is 0.333 bits per heavy atom. The predicted octanol–water partition coefficient (Wildman–Crippen LogP) is 3.56. The Bertz CT molecular complexity index is 3360. The molecule has 0 amide bonds. The molecule has 8 rings (SSSR count). The zero-order valence-electron chi connectivity index (χ0n) is 30.2. The summed E-state index contributed by atoms with van der Waals surface area (Å²) in [7, 11) is 0. The van der Waals surface area contributed by atoms with E-state index in [2.05, 4.69) is 4.98 Å². The van der Waals surface area contributed by atoms with Gasteiger partial charge in [-0.1, -0.05) is 0 Å². The first-order valence-corrected chi connectivity index (χ1v) is 16.9. The fourth-order valence-electron chi connectivity index (χ4n) is 7.73. The van der Waals surface area contributed by atoms with Crippen molar-refractivity contribution < 1.29 is 123 Å². The molecule has 0 fully saturated rings. The Balaban J connectivity index is 1.73. The summed E-state index contributed by atoms with van der Waals surface area (Å²) < 4.78 is 0. The van der Waals surface area contributed by atoms with Crippen LogP contribution in [0.4, 0.5) is 0 Å². The molecule has 0 spiro atoms. The van der Waals surface area contributed by atoms with Gasteiger partial charge in [-0.3, -0.25) is 0 Å². The van der Waals surface area contributed by atoms with Gasteiger partial charge in [0.15, 0.2) is 80.5 Å². The number of phenolic OH excluding ortho intramolecular Hbond substituents is 24. The van der Waals surface area contributed by atoms with Crippen LogP contribution in [-0.4, -0.2) is 128 Å². The van der Waals surface area contributed by atoms with Crippen molar-refractivity contribution in [3.63, 3.8) is 0 Å². The molecule has 0 saturated heterocycles. The summed E-state index contributed by atoms with van der Waals surface area (Å²) in [5.41, 5.74) is -9.90. The van der Waals surface area contributed by atoms with Crippen molar-refractivity contribution in [3.05, 3.63) is 0 Å². The lowest BCUT2D eigenvalue weighted by atomic mass is 9.81. The molecule has 25 N–H and O–H groups in total. The number of nitrogens with one attached hydrogen (secondary N) is 1. The van der Waals surface area contributed by atoms with Crippen LogP contribution in [-0.2, 0) is 0 Å². The van der Waals surface area contributed by atoms with Gasteiger partial charge in [0.25, 0.3) is 0 Å². The highest BCUT2D eigenvalue weighted by atomic mass is 16.4. The molecule has 63 heavy (non-hydrogen) atoms. The Kier molecular flexibility index (Phi) is 7.78. The molecule has 0 aliphatic heterocycles. The maximum atomic E-state index is 11.6. The van der Waals surface area contributed by atoms with Gasteiger partial charge < -0.3 is 128 Å². The van der Waals surface area contributed by atoms with Gasteiger partial charge in [0.1, 0.15) is 0 Å². The quantitative estimate of drug-likeness (QED) is 0.0685. The molecular formula is C38H25NO24. The molecule has 1 aromatic heterocycles. The second kappa shape index (κ2) is 12.3. The number of aromatic nitrogens is 1. The number of rotatable bonds is 3. The number of hydrogen-bond donors (Lipinski definition) is 25. The number of hydrogen-bond acceptors (Lipinski definition) is 24. The number of H-pyrrole nitrogens is 1. The molecule has 326 valence electrons. The minimum Gasteiger partial charge on any atom is -0.504 e. The van der Waals surface area contributed by atoms with Crippen LogP contribution in [0.2, 0.25) is 0 Å². The second-order valence-corrected chi connectivity index (χ2v) is 13.7. The zero-order valence-corrected chi connectivity index (χ0v) is 30.2. The molecule has 25 nitrogen and oxygen atoms in total. The monoisotopic (exact) mass is 879 g/mol. The summed E-state index contributed by atoms with van der Waals surface area (Å²) in [6.45, 7) is 0. The van der Waals surface area contributed by atoms with E-state index in [1.54, 1.807) is 0 Å². The maximum Gasteiger partial charge on any atom is 0.208 e. The van der Waals surface area contributed by atoms with Gasteiger partial charge in [-0.15, -0.1) is 0 Å². The number of aromatic hydroxyl groups is 24. The summed E-state index contributed by atoms with van der Waals surface area (Å²) in [6.07, 6.45) is 0. The zero-order chi connectivity index (χ0) is 46.6.